The Kier molecular flexibility index (Phi) is 4.40. The molecule has 0 aromatic carbocycles. The van der Waals surface area contributed by atoms with Crippen molar-refractivity contribution in [2.45, 2.75) is 26.2 Å². The molecule has 14 heavy (non-hydrogen) atoms. The number of ketones is 1. The minimum absolute atomic E-state index is 0.146. The Bertz CT molecular complexity index is 288. The van der Waals surface area contributed by atoms with Crippen LogP contribution in [0.2, 0.25) is 0 Å². The number of methoxy groups -OCH3 is 1. The third-order valence-corrected chi connectivity index (χ3v) is 2.12. The maximum Gasteiger partial charge on any atom is 0.166 e. The molecule has 3 heteroatoms. The van der Waals surface area contributed by atoms with Crippen molar-refractivity contribution in [1.29, 1.82) is 0 Å². The van der Waals surface area contributed by atoms with E-state index in [2.05, 4.69) is 0 Å². The molecule has 0 aliphatic heterocycles. The number of hydrogen-bond acceptors (Lipinski definition) is 3. The Morgan fingerprint density at radius 1 is 1.57 bits per heavy atom. The number of furan rings is 1. The Hall–Kier alpha value is -1.09. The van der Waals surface area contributed by atoms with Crippen LogP contribution in [0.4, 0.5) is 0 Å². The second-order valence-corrected chi connectivity index (χ2v) is 3.13. The van der Waals surface area contributed by atoms with Crippen molar-refractivity contribution in [3.8, 4) is 0 Å². The lowest BCUT2D eigenvalue weighted by molar-refractivity contribution is 0.0961. The van der Waals surface area contributed by atoms with Gasteiger partial charge in [0, 0.05) is 26.6 Å². The smallest absolute Gasteiger partial charge is 0.166 e. The highest BCUT2D eigenvalue weighted by atomic mass is 16.5. The number of hydrogen-bond donors (Lipinski definition) is 0. The summed E-state index contributed by atoms with van der Waals surface area (Å²) < 4.78 is 10.1. The number of Topliss-reactive ketones (excluding diaryl/α,β-unsaturated/α-hetero) is 1. The van der Waals surface area contributed by atoms with Crippen LogP contribution in [0, 0.1) is 0 Å². The van der Waals surface area contributed by atoms with Gasteiger partial charge in [0.05, 0.1) is 11.8 Å². The fraction of sp³-hybridized carbons (Fsp3) is 0.545. The molecule has 0 spiro atoms. The summed E-state index contributed by atoms with van der Waals surface area (Å²) in [6, 6.07) is 1.74. The third-order valence-electron chi connectivity index (χ3n) is 2.12. The van der Waals surface area contributed by atoms with Crippen molar-refractivity contribution < 1.29 is 13.9 Å². The predicted molar refractivity (Wildman–Crippen MR) is 53.5 cm³/mol. The van der Waals surface area contributed by atoms with Crippen molar-refractivity contribution in [2.75, 3.05) is 13.7 Å². The lowest BCUT2D eigenvalue weighted by Gasteiger charge is -1.99. The van der Waals surface area contributed by atoms with Crippen LogP contribution in [0.15, 0.2) is 16.7 Å². The van der Waals surface area contributed by atoms with Crippen molar-refractivity contribution in [2.24, 2.45) is 0 Å². The topological polar surface area (TPSA) is 39.4 Å². The first-order chi connectivity index (χ1) is 6.79. The predicted octanol–water partition coefficient (Wildman–Crippen LogP) is 2.45. The van der Waals surface area contributed by atoms with E-state index in [0.29, 0.717) is 13.0 Å². The van der Waals surface area contributed by atoms with E-state index in [1.165, 1.54) is 0 Å². The Balaban J connectivity index is 2.51. The SMILES string of the molecule is CCc1occc1C(=O)CCCOC. The molecule has 0 aliphatic rings. The van der Waals surface area contributed by atoms with Crippen LogP contribution >= 0.6 is 0 Å². The highest BCUT2D eigenvalue weighted by molar-refractivity contribution is 5.96. The van der Waals surface area contributed by atoms with Crippen LogP contribution in [-0.2, 0) is 11.2 Å². The van der Waals surface area contributed by atoms with Crippen molar-refractivity contribution in [3.63, 3.8) is 0 Å². The molecule has 0 atom stereocenters. The highest BCUT2D eigenvalue weighted by Gasteiger charge is 2.12. The summed E-state index contributed by atoms with van der Waals surface area (Å²) in [7, 11) is 1.64. The van der Waals surface area contributed by atoms with Gasteiger partial charge in [0.25, 0.3) is 0 Å². The zero-order valence-electron chi connectivity index (χ0n) is 8.71. The normalized spacial score (nSPS) is 10.4. The van der Waals surface area contributed by atoms with Gasteiger partial charge in [0.2, 0.25) is 0 Å². The maximum absolute atomic E-state index is 11.6. The van der Waals surface area contributed by atoms with Gasteiger partial charge in [-0.1, -0.05) is 6.92 Å². The molecular weight excluding hydrogens is 180 g/mol. The summed E-state index contributed by atoms with van der Waals surface area (Å²) in [5.41, 5.74) is 0.726. The molecule has 0 saturated carbocycles. The van der Waals surface area contributed by atoms with Gasteiger partial charge in [-0.2, -0.15) is 0 Å². The van der Waals surface area contributed by atoms with E-state index in [1.54, 1.807) is 19.4 Å². The molecule has 78 valence electrons. The standard InChI is InChI=1S/C11H16O3/c1-3-11-9(6-8-14-11)10(12)5-4-7-13-2/h6,8H,3-5,7H2,1-2H3. The van der Waals surface area contributed by atoms with Gasteiger partial charge in [-0.3, -0.25) is 4.79 Å². The van der Waals surface area contributed by atoms with Gasteiger partial charge in [-0.05, 0) is 12.5 Å². The van der Waals surface area contributed by atoms with Gasteiger partial charge in [-0.15, -0.1) is 0 Å². The molecule has 0 saturated heterocycles. The number of carbonyl (C=O) groups is 1. The van der Waals surface area contributed by atoms with Crippen molar-refractivity contribution >= 4 is 5.78 Å². The first kappa shape index (κ1) is 11.0. The van der Waals surface area contributed by atoms with Gasteiger partial charge >= 0.3 is 0 Å². The molecule has 0 bridgehead atoms. The fourth-order valence-corrected chi connectivity index (χ4v) is 1.37. The second kappa shape index (κ2) is 5.60. The molecule has 0 fully saturated rings. The first-order valence-corrected chi connectivity index (χ1v) is 4.88. The number of ether oxygens (including phenoxy) is 1. The summed E-state index contributed by atoms with van der Waals surface area (Å²) in [5, 5.41) is 0. The monoisotopic (exact) mass is 196 g/mol. The van der Waals surface area contributed by atoms with Gasteiger partial charge in [0.15, 0.2) is 5.78 Å². The molecule has 1 rings (SSSR count). The highest BCUT2D eigenvalue weighted by Crippen LogP contribution is 2.14. The molecule has 0 radical (unpaired) electrons. The zero-order valence-corrected chi connectivity index (χ0v) is 8.71. The van der Waals surface area contributed by atoms with Gasteiger partial charge in [-0.25, -0.2) is 0 Å². The van der Waals surface area contributed by atoms with E-state index >= 15 is 0 Å². The van der Waals surface area contributed by atoms with Gasteiger partial charge < -0.3 is 9.15 Å². The summed E-state index contributed by atoms with van der Waals surface area (Å²) in [4.78, 5) is 11.6. The van der Waals surface area contributed by atoms with E-state index in [9.17, 15) is 4.79 Å². The quantitative estimate of drug-likeness (QED) is 0.518. The summed E-state index contributed by atoms with van der Waals surface area (Å²) in [5.74, 6) is 0.931. The third kappa shape index (κ3) is 2.70. The number of carbonyl (C=O) groups excluding carboxylic acids is 1. The summed E-state index contributed by atoms with van der Waals surface area (Å²) >= 11 is 0. The Morgan fingerprint density at radius 3 is 3.00 bits per heavy atom. The lowest BCUT2D eigenvalue weighted by atomic mass is 10.1. The van der Waals surface area contributed by atoms with Crippen LogP contribution in [0.3, 0.4) is 0 Å². The van der Waals surface area contributed by atoms with Crippen LogP contribution in [0.5, 0.6) is 0 Å². The average Bonchev–Trinajstić information content (AvgIpc) is 2.65. The molecule has 0 unspecified atom stereocenters. The van der Waals surface area contributed by atoms with Crippen LogP contribution < -0.4 is 0 Å². The Morgan fingerprint density at radius 2 is 2.36 bits per heavy atom. The number of rotatable bonds is 6. The molecule has 1 aromatic rings. The average molecular weight is 196 g/mol. The van der Waals surface area contributed by atoms with Crippen LogP contribution in [0.25, 0.3) is 0 Å². The van der Waals surface area contributed by atoms with Crippen molar-refractivity contribution in [3.05, 3.63) is 23.7 Å². The van der Waals surface area contributed by atoms with E-state index < -0.39 is 0 Å². The molecule has 3 nitrogen and oxygen atoms in total. The van der Waals surface area contributed by atoms with Crippen LogP contribution in [-0.4, -0.2) is 19.5 Å². The van der Waals surface area contributed by atoms with E-state index in [1.807, 2.05) is 6.92 Å². The molecular formula is C11H16O3. The summed E-state index contributed by atoms with van der Waals surface area (Å²) in [6.45, 7) is 2.61. The molecule has 0 N–H and O–H groups in total. The largest absolute Gasteiger partial charge is 0.469 e. The first-order valence-electron chi connectivity index (χ1n) is 4.88. The molecule has 0 amide bonds. The molecule has 1 heterocycles. The minimum Gasteiger partial charge on any atom is -0.469 e. The second-order valence-electron chi connectivity index (χ2n) is 3.13. The molecule has 1 aromatic heterocycles. The Labute approximate surface area is 84.1 Å². The lowest BCUT2D eigenvalue weighted by Crippen LogP contribution is -2.02. The fourth-order valence-electron chi connectivity index (χ4n) is 1.37. The van der Waals surface area contributed by atoms with E-state index in [-0.39, 0.29) is 5.78 Å². The van der Waals surface area contributed by atoms with Crippen molar-refractivity contribution in [1.82, 2.24) is 0 Å². The zero-order chi connectivity index (χ0) is 10.4. The number of aryl methyl sites for hydroxylation is 1. The minimum atomic E-state index is 0.146. The maximum atomic E-state index is 11.6. The summed E-state index contributed by atoms with van der Waals surface area (Å²) in [6.07, 6.45) is 3.63. The van der Waals surface area contributed by atoms with Gasteiger partial charge in [0.1, 0.15) is 5.76 Å². The van der Waals surface area contributed by atoms with E-state index in [4.69, 9.17) is 9.15 Å². The molecule has 0 aliphatic carbocycles. The van der Waals surface area contributed by atoms with Crippen LogP contribution in [0.1, 0.15) is 35.9 Å². The van der Waals surface area contributed by atoms with E-state index in [0.717, 1.165) is 24.2 Å².